The van der Waals surface area contributed by atoms with Crippen LogP contribution in [0.3, 0.4) is 0 Å². The molecule has 0 aliphatic heterocycles. The molecule has 0 bridgehead atoms. The average molecular weight is 220 g/mol. The van der Waals surface area contributed by atoms with Gasteiger partial charge in [0, 0.05) is 6.42 Å². The smallest absolute Gasteiger partial charge is 0.00284 e. The molecule has 0 nitrogen and oxygen atoms in total. The summed E-state index contributed by atoms with van der Waals surface area (Å²) in [5.41, 5.74) is 1.37. The second-order valence-electron chi connectivity index (χ2n) is 3.76. The summed E-state index contributed by atoms with van der Waals surface area (Å²) in [4.78, 5) is 1.29. The number of hydrogen-bond donors (Lipinski definition) is 0. The maximum Gasteiger partial charge on any atom is 0.00284 e. The third-order valence-corrected chi connectivity index (χ3v) is 3.34. The maximum atomic E-state index is 4.11. The zero-order valence-corrected chi connectivity index (χ0v) is 10.4. The summed E-state index contributed by atoms with van der Waals surface area (Å²) in [5, 5.41) is 0. The van der Waals surface area contributed by atoms with Crippen LogP contribution in [-0.2, 0) is 6.42 Å². The highest BCUT2D eigenvalue weighted by Crippen LogP contribution is 2.20. The topological polar surface area (TPSA) is 0 Å². The first-order valence-electron chi connectivity index (χ1n) is 5.67. The lowest BCUT2D eigenvalue weighted by Crippen LogP contribution is -1.87. The first kappa shape index (κ1) is 12.4. The molecule has 1 rings (SSSR count). The molecule has 1 aromatic carbocycles. The second kappa shape index (κ2) is 7.58. The average Bonchev–Trinajstić information content (AvgIpc) is 2.26. The van der Waals surface area contributed by atoms with Crippen LogP contribution in [0.4, 0.5) is 0 Å². The van der Waals surface area contributed by atoms with E-state index < -0.39 is 0 Å². The predicted octanol–water partition coefficient (Wildman–Crippen LogP) is 4.67. The fourth-order valence-corrected chi connectivity index (χ4v) is 2.35. The molecular formula is C14H20S. The van der Waals surface area contributed by atoms with Crippen molar-refractivity contribution in [3.05, 3.63) is 47.4 Å². The minimum atomic E-state index is 1.01. The minimum absolute atomic E-state index is 1.01. The standard InChI is InChI=1S/C14H20S/c1-3-4-8-11-15-13(2)12-14-9-6-5-7-10-14/h5-7,9-10H,2-4,8,11-12H2,1H3. The third-order valence-electron chi connectivity index (χ3n) is 2.30. The summed E-state index contributed by atoms with van der Waals surface area (Å²) in [6.07, 6.45) is 4.96. The Bertz CT molecular complexity index is 277. The van der Waals surface area contributed by atoms with Gasteiger partial charge in [0.05, 0.1) is 0 Å². The molecule has 0 aliphatic rings. The number of hydrogen-bond acceptors (Lipinski definition) is 1. The second-order valence-corrected chi connectivity index (χ2v) is 5.03. The number of unbranched alkanes of at least 4 members (excludes halogenated alkanes) is 2. The van der Waals surface area contributed by atoms with Crippen LogP contribution in [0.5, 0.6) is 0 Å². The van der Waals surface area contributed by atoms with Crippen molar-refractivity contribution in [2.45, 2.75) is 32.6 Å². The molecule has 0 saturated heterocycles. The van der Waals surface area contributed by atoms with Crippen LogP contribution >= 0.6 is 11.8 Å². The Hall–Kier alpha value is -0.690. The van der Waals surface area contributed by atoms with Crippen molar-refractivity contribution in [3.8, 4) is 0 Å². The highest BCUT2D eigenvalue weighted by molar-refractivity contribution is 8.03. The summed E-state index contributed by atoms with van der Waals surface area (Å²) in [5.74, 6) is 1.22. The Kier molecular flexibility index (Phi) is 6.26. The van der Waals surface area contributed by atoms with E-state index in [1.54, 1.807) is 0 Å². The highest BCUT2D eigenvalue weighted by Gasteiger charge is 1.97. The molecule has 15 heavy (non-hydrogen) atoms. The summed E-state index contributed by atoms with van der Waals surface area (Å²) >= 11 is 1.92. The Labute approximate surface area is 97.8 Å². The highest BCUT2D eigenvalue weighted by atomic mass is 32.2. The fraction of sp³-hybridized carbons (Fsp3) is 0.429. The van der Waals surface area contributed by atoms with Gasteiger partial charge in [0.25, 0.3) is 0 Å². The molecule has 0 spiro atoms. The molecule has 0 radical (unpaired) electrons. The van der Waals surface area contributed by atoms with Crippen LogP contribution in [-0.4, -0.2) is 5.75 Å². The fourth-order valence-electron chi connectivity index (χ4n) is 1.44. The lowest BCUT2D eigenvalue weighted by molar-refractivity contribution is 0.779. The number of thioether (sulfide) groups is 1. The van der Waals surface area contributed by atoms with Crippen molar-refractivity contribution in [3.63, 3.8) is 0 Å². The molecule has 1 aromatic rings. The molecule has 0 heterocycles. The van der Waals surface area contributed by atoms with Gasteiger partial charge in [0.2, 0.25) is 0 Å². The lowest BCUT2D eigenvalue weighted by atomic mass is 10.1. The van der Waals surface area contributed by atoms with Crippen molar-refractivity contribution >= 4 is 11.8 Å². The van der Waals surface area contributed by atoms with Crippen LogP contribution in [0.1, 0.15) is 31.7 Å². The monoisotopic (exact) mass is 220 g/mol. The zero-order valence-electron chi connectivity index (χ0n) is 9.54. The van der Waals surface area contributed by atoms with Crippen molar-refractivity contribution in [1.29, 1.82) is 0 Å². The lowest BCUT2D eigenvalue weighted by Gasteiger charge is -2.05. The zero-order chi connectivity index (χ0) is 10.9. The molecule has 82 valence electrons. The van der Waals surface area contributed by atoms with Crippen LogP contribution in [0.25, 0.3) is 0 Å². The van der Waals surface area contributed by atoms with Gasteiger partial charge in [-0.15, -0.1) is 11.8 Å². The van der Waals surface area contributed by atoms with Gasteiger partial charge in [-0.25, -0.2) is 0 Å². The van der Waals surface area contributed by atoms with E-state index >= 15 is 0 Å². The first-order valence-corrected chi connectivity index (χ1v) is 6.66. The van der Waals surface area contributed by atoms with Gasteiger partial charge in [0.15, 0.2) is 0 Å². The molecule has 0 saturated carbocycles. The van der Waals surface area contributed by atoms with Gasteiger partial charge in [-0.3, -0.25) is 0 Å². The van der Waals surface area contributed by atoms with Crippen molar-refractivity contribution < 1.29 is 0 Å². The summed E-state index contributed by atoms with van der Waals surface area (Å²) in [6, 6.07) is 10.6. The van der Waals surface area contributed by atoms with Crippen molar-refractivity contribution in [2.24, 2.45) is 0 Å². The van der Waals surface area contributed by atoms with E-state index in [1.165, 1.54) is 35.5 Å². The third kappa shape index (κ3) is 5.68. The summed E-state index contributed by atoms with van der Waals surface area (Å²) < 4.78 is 0. The predicted molar refractivity (Wildman–Crippen MR) is 71.3 cm³/mol. The normalized spacial score (nSPS) is 10.2. The molecule has 0 fully saturated rings. The quantitative estimate of drug-likeness (QED) is 0.602. The van der Waals surface area contributed by atoms with Gasteiger partial charge in [-0.05, 0) is 22.6 Å². The minimum Gasteiger partial charge on any atom is -0.131 e. The molecule has 0 aliphatic carbocycles. The van der Waals surface area contributed by atoms with Gasteiger partial charge in [-0.2, -0.15) is 0 Å². The Morgan fingerprint density at radius 1 is 1.20 bits per heavy atom. The Balaban J connectivity index is 2.19. The van der Waals surface area contributed by atoms with Gasteiger partial charge in [-0.1, -0.05) is 56.7 Å². The van der Waals surface area contributed by atoms with Gasteiger partial charge in [0.1, 0.15) is 0 Å². The molecule has 0 atom stereocenters. The summed E-state index contributed by atoms with van der Waals surface area (Å²) in [7, 11) is 0. The molecule has 1 heteroatoms. The van der Waals surface area contributed by atoms with Crippen LogP contribution in [0, 0.1) is 0 Å². The molecule has 0 N–H and O–H groups in total. The molecule has 0 aromatic heterocycles. The number of benzene rings is 1. The van der Waals surface area contributed by atoms with Crippen LogP contribution in [0.2, 0.25) is 0 Å². The molecule has 0 unspecified atom stereocenters. The largest absolute Gasteiger partial charge is 0.131 e. The van der Waals surface area contributed by atoms with E-state index in [-0.39, 0.29) is 0 Å². The SMILES string of the molecule is C=C(Cc1ccccc1)SCCCCC. The van der Waals surface area contributed by atoms with E-state index in [0.717, 1.165) is 6.42 Å². The van der Waals surface area contributed by atoms with E-state index in [4.69, 9.17) is 0 Å². The Morgan fingerprint density at radius 3 is 2.60 bits per heavy atom. The molecular weight excluding hydrogens is 200 g/mol. The van der Waals surface area contributed by atoms with Crippen molar-refractivity contribution in [1.82, 2.24) is 0 Å². The van der Waals surface area contributed by atoms with Gasteiger partial charge < -0.3 is 0 Å². The van der Waals surface area contributed by atoms with E-state index in [1.807, 2.05) is 11.8 Å². The van der Waals surface area contributed by atoms with E-state index in [0.29, 0.717) is 0 Å². The van der Waals surface area contributed by atoms with E-state index in [2.05, 4.69) is 43.8 Å². The van der Waals surface area contributed by atoms with Crippen LogP contribution < -0.4 is 0 Å². The van der Waals surface area contributed by atoms with Gasteiger partial charge >= 0.3 is 0 Å². The summed E-state index contributed by atoms with van der Waals surface area (Å²) in [6.45, 7) is 6.35. The molecule has 0 amide bonds. The maximum absolute atomic E-state index is 4.11. The van der Waals surface area contributed by atoms with Crippen molar-refractivity contribution in [2.75, 3.05) is 5.75 Å². The van der Waals surface area contributed by atoms with Crippen LogP contribution in [0.15, 0.2) is 41.8 Å². The number of allylic oxidation sites excluding steroid dienone is 1. The Morgan fingerprint density at radius 2 is 1.93 bits per heavy atom. The van der Waals surface area contributed by atoms with E-state index in [9.17, 15) is 0 Å². The number of rotatable bonds is 7. The first-order chi connectivity index (χ1) is 7.33.